The van der Waals surface area contributed by atoms with Crippen LogP contribution in [0.15, 0.2) is 57.5 Å². The molecule has 0 amide bonds. The summed E-state index contributed by atoms with van der Waals surface area (Å²) < 4.78 is 11.7. The van der Waals surface area contributed by atoms with E-state index in [0.29, 0.717) is 18.3 Å². The highest BCUT2D eigenvalue weighted by Gasteiger charge is 2.10. The molecule has 0 aliphatic carbocycles. The van der Waals surface area contributed by atoms with Crippen molar-refractivity contribution in [2.24, 2.45) is 5.73 Å². The Bertz CT molecular complexity index is 759. The summed E-state index contributed by atoms with van der Waals surface area (Å²) in [5, 5.41) is 3.89. The molecule has 0 saturated heterocycles. The molecule has 3 rings (SSSR count). The Kier molecular flexibility index (Phi) is 4.50. The molecule has 0 bridgehead atoms. The molecular formula is C16H14BrN3O2. The zero-order valence-corrected chi connectivity index (χ0v) is 13.3. The average molecular weight is 360 g/mol. The first kappa shape index (κ1) is 14.7. The van der Waals surface area contributed by atoms with Gasteiger partial charge in [-0.15, -0.1) is 0 Å². The number of benzene rings is 2. The molecule has 0 spiro atoms. The molecule has 1 aromatic heterocycles. The van der Waals surface area contributed by atoms with E-state index in [1.807, 2.05) is 48.5 Å². The zero-order valence-electron chi connectivity index (χ0n) is 11.7. The zero-order chi connectivity index (χ0) is 15.4. The minimum absolute atomic E-state index is 0.229. The van der Waals surface area contributed by atoms with Gasteiger partial charge in [0.25, 0.3) is 0 Å². The normalized spacial score (nSPS) is 10.6. The van der Waals surface area contributed by atoms with Crippen molar-refractivity contribution in [1.82, 2.24) is 10.1 Å². The van der Waals surface area contributed by atoms with Gasteiger partial charge in [-0.25, -0.2) is 0 Å². The smallest absolute Gasteiger partial charge is 0.240 e. The van der Waals surface area contributed by atoms with Gasteiger partial charge in [0.05, 0.1) is 11.0 Å². The van der Waals surface area contributed by atoms with Crippen LogP contribution in [0.4, 0.5) is 0 Å². The van der Waals surface area contributed by atoms with Crippen LogP contribution in [-0.2, 0) is 13.2 Å². The van der Waals surface area contributed by atoms with Gasteiger partial charge in [0, 0.05) is 5.56 Å². The number of ether oxygens (including phenoxy) is 1. The van der Waals surface area contributed by atoms with Crippen LogP contribution in [0.2, 0.25) is 0 Å². The van der Waals surface area contributed by atoms with Crippen molar-refractivity contribution in [3.8, 4) is 17.1 Å². The second kappa shape index (κ2) is 6.72. The summed E-state index contributed by atoms with van der Waals surface area (Å²) in [7, 11) is 0. The summed E-state index contributed by atoms with van der Waals surface area (Å²) in [5.41, 5.74) is 7.42. The number of rotatable bonds is 5. The molecule has 0 atom stereocenters. The quantitative estimate of drug-likeness (QED) is 0.753. The second-order valence-electron chi connectivity index (χ2n) is 4.64. The first-order chi connectivity index (χ1) is 10.8. The molecule has 6 heteroatoms. The van der Waals surface area contributed by atoms with E-state index < -0.39 is 0 Å². The highest BCUT2D eigenvalue weighted by molar-refractivity contribution is 9.10. The van der Waals surface area contributed by atoms with Gasteiger partial charge >= 0.3 is 0 Å². The van der Waals surface area contributed by atoms with Crippen molar-refractivity contribution in [3.63, 3.8) is 0 Å². The molecule has 112 valence electrons. The van der Waals surface area contributed by atoms with Crippen LogP contribution < -0.4 is 10.5 Å². The van der Waals surface area contributed by atoms with Gasteiger partial charge in [-0.2, -0.15) is 4.98 Å². The Balaban J connectivity index is 1.74. The highest BCUT2D eigenvalue weighted by Crippen LogP contribution is 2.30. The van der Waals surface area contributed by atoms with Crippen LogP contribution in [0, 0.1) is 0 Å². The third-order valence-electron chi connectivity index (χ3n) is 3.07. The minimum atomic E-state index is 0.229. The lowest BCUT2D eigenvalue weighted by molar-refractivity contribution is 0.304. The van der Waals surface area contributed by atoms with E-state index in [4.69, 9.17) is 15.0 Å². The Hall–Kier alpha value is -2.18. The maximum Gasteiger partial charge on any atom is 0.240 e. The summed E-state index contributed by atoms with van der Waals surface area (Å²) in [6.07, 6.45) is 0. The van der Waals surface area contributed by atoms with Gasteiger partial charge in [0.1, 0.15) is 12.4 Å². The fourth-order valence-electron chi connectivity index (χ4n) is 1.95. The fourth-order valence-corrected chi connectivity index (χ4v) is 2.44. The molecule has 3 aromatic rings. The van der Waals surface area contributed by atoms with Crippen molar-refractivity contribution in [2.75, 3.05) is 0 Å². The molecule has 5 nitrogen and oxygen atoms in total. The maximum absolute atomic E-state index is 5.81. The fraction of sp³-hybridized carbons (Fsp3) is 0.125. The van der Waals surface area contributed by atoms with Gasteiger partial charge in [-0.3, -0.25) is 0 Å². The van der Waals surface area contributed by atoms with Crippen molar-refractivity contribution in [1.29, 1.82) is 0 Å². The third-order valence-corrected chi connectivity index (χ3v) is 3.69. The molecule has 0 saturated carbocycles. The molecule has 0 aliphatic rings. The monoisotopic (exact) mass is 359 g/mol. The van der Waals surface area contributed by atoms with E-state index in [1.165, 1.54) is 0 Å². The number of halogens is 1. The lowest BCUT2D eigenvalue weighted by atomic mass is 10.2. The lowest BCUT2D eigenvalue weighted by Crippen LogP contribution is -1.96. The van der Waals surface area contributed by atoms with Crippen LogP contribution in [0.25, 0.3) is 11.4 Å². The molecule has 2 N–H and O–H groups in total. The summed E-state index contributed by atoms with van der Waals surface area (Å²) in [5.74, 6) is 1.68. The largest absolute Gasteiger partial charge is 0.488 e. The van der Waals surface area contributed by atoms with Crippen molar-refractivity contribution in [3.05, 3.63) is 64.5 Å². The maximum atomic E-state index is 5.81. The van der Waals surface area contributed by atoms with Crippen LogP contribution >= 0.6 is 15.9 Å². The molecule has 22 heavy (non-hydrogen) atoms. The Morgan fingerprint density at radius 1 is 1.14 bits per heavy atom. The van der Waals surface area contributed by atoms with Crippen LogP contribution in [0.3, 0.4) is 0 Å². The number of hydrogen-bond acceptors (Lipinski definition) is 5. The SMILES string of the molecule is NCc1nc(-c2ccc(OCc3ccccc3)c(Br)c2)no1. The molecule has 2 aromatic carbocycles. The van der Waals surface area contributed by atoms with Crippen molar-refractivity contribution in [2.45, 2.75) is 13.2 Å². The minimum Gasteiger partial charge on any atom is -0.488 e. The van der Waals surface area contributed by atoms with Crippen LogP contribution in [0.1, 0.15) is 11.5 Å². The van der Waals surface area contributed by atoms with E-state index >= 15 is 0 Å². The first-order valence-corrected chi connectivity index (χ1v) is 7.55. The highest BCUT2D eigenvalue weighted by atomic mass is 79.9. The first-order valence-electron chi connectivity index (χ1n) is 6.75. The number of nitrogens with two attached hydrogens (primary N) is 1. The Labute approximate surface area is 136 Å². The van der Waals surface area contributed by atoms with Crippen molar-refractivity contribution >= 4 is 15.9 Å². The van der Waals surface area contributed by atoms with Crippen LogP contribution in [-0.4, -0.2) is 10.1 Å². The summed E-state index contributed by atoms with van der Waals surface area (Å²) in [6, 6.07) is 15.7. The molecule has 0 radical (unpaired) electrons. The van der Waals surface area contributed by atoms with Gasteiger partial charge in [0.2, 0.25) is 11.7 Å². The Morgan fingerprint density at radius 2 is 1.95 bits per heavy atom. The summed E-state index contributed by atoms with van der Waals surface area (Å²) in [4.78, 5) is 4.20. The number of nitrogens with zero attached hydrogens (tertiary/aromatic N) is 2. The molecule has 0 unspecified atom stereocenters. The molecule has 1 heterocycles. The number of aromatic nitrogens is 2. The van der Waals surface area contributed by atoms with Crippen LogP contribution in [0.5, 0.6) is 5.75 Å². The van der Waals surface area contributed by atoms with Gasteiger partial charge in [-0.05, 0) is 39.7 Å². The summed E-state index contributed by atoms with van der Waals surface area (Å²) >= 11 is 3.51. The molecule has 0 aliphatic heterocycles. The predicted octanol–water partition coefficient (Wildman–Crippen LogP) is 3.54. The standard InChI is InChI=1S/C16H14BrN3O2/c17-13-8-12(16-19-15(9-18)22-20-16)6-7-14(13)21-10-11-4-2-1-3-5-11/h1-8H,9-10,18H2. The summed E-state index contributed by atoms with van der Waals surface area (Å²) in [6.45, 7) is 0.741. The number of hydrogen-bond donors (Lipinski definition) is 1. The van der Waals surface area contributed by atoms with Crippen molar-refractivity contribution < 1.29 is 9.26 Å². The molecule has 0 fully saturated rings. The lowest BCUT2D eigenvalue weighted by Gasteiger charge is -2.09. The van der Waals surface area contributed by atoms with Gasteiger partial charge in [0.15, 0.2) is 0 Å². The topological polar surface area (TPSA) is 74.2 Å². The molecular weight excluding hydrogens is 346 g/mol. The van der Waals surface area contributed by atoms with Gasteiger partial charge in [-0.1, -0.05) is 35.5 Å². The van der Waals surface area contributed by atoms with E-state index in [0.717, 1.165) is 21.3 Å². The predicted molar refractivity (Wildman–Crippen MR) is 86.1 cm³/mol. The van der Waals surface area contributed by atoms with E-state index in [1.54, 1.807) is 0 Å². The van der Waals surface area contributed by atoms with E-state index in [2.05, 4.69) is 26.1 Å². The van der Waals surface area contributed by atoms with E-state index in [-0.39, 0.29) is 6.54 Å². The van der Waals surface area contributed by atoms with Gasteiger partial charge < -0.3 is 15.0 Å². The third kappa shape index (κ3) is 3.35. The Morgan fingerprint density at radius 3 is 2.64 bits per heavy atom. The second-order valence-corrected chi connectivity index (χ2v) is 5.49. The average Bonchev–Trinajstić information content (AvgIpc) is 3.04. The van der Waals surface area contributed by atoms with E-state index in [9.17, 15) is 0 Å².